The van der Waals surface area contributed by atoms with Crippen molar-refractivity contribution in [1.82, 2.24) is 4.90 Å². The minimum atomic E-state index is 0. The van der Waals surface area contributed by atoms with E-state index in [9.17, 15) is 0 Å². The van der Waals surface area contributed by atoms with Crippen molar-refractivity contribution in [1.29, 1.82) is 0 Å². The van der Waals surface area contributed by atoms with Crippen molar-refractivity contribution < 1.29 is 14.2 Å². The molecule has 1 aromatic rings. The molecular formula is C16H26IN3O3. The number of methoxy groups -OCH3 is 3. The van der Waals surface area contributed by atoms with Crippen LogP contribution in [0, 0.1) is 0 Å². The summed E-state index contributed by atoms with van der Waals surface area (Å²) < 4.78 is 16.1. The van der Waals surface area contributed by atoms with Gasteiger partial charge in [-0.3, -0.25) is 0 Å². The van der Waals surface area contributed by atoms with Gasteiger partial charge in [0.05, 0.1) is 27.9 Å². The lowest BCUT2D eigenvalue weighted by molar-refractivity contribution is 0.322. The second-order valence-corrected chi connectivity index (χ2v) is 5.22. The van der Waals surface area contributed by atoms with E-state index in [4.69, 9.17) is 19.9 Å². The quantitative estimate of drug-likeness (QED) is 0.438. The van der Waals surface area contributed by atoms with Crippen LogP contribution in [0.15, 0.2) is 17.1 Å². The van der Waals surface area contributed by atoms with E-state index in [1.165, 1.54) is 19.3 Å². The molecule has 1 saturated heterocycles. The molecule has 6 nitrogen and oxygen atoms in total. The topological polar surface area (TPSA) is 69.3 Å². The fraction of sp³-hybridized carbons (Fsp3) is 0.562. The summed E-state index contributed by atoms with van der Waals surface area (Å²) in [5, 5.41) is 0. The van der Waals surface area contributed by atoms with Crippen LogP contribution in [0.1, 0.15) is 24.8 Å². The Balaban J connectivity index is 0.00000264. The van der Waals surface area contributed by atoms with Crippen molar-refractivity contribution in [3.05, 3.63) is 17.7 Å². The van der Waals surface area contributed by atoms with Crippen LogP contribution < -0.4 is 19.9 Å². The van der Waals surface area contributed by atoms with Gasteiger partial charge in [0, 0.05) is 18.7 Å². The SMILES string of the molecule is COc1ccc(CN=C(N)N2CCCCC2)c(OC)c1OC.I. The van der Waals surface area contributed by atoms with Gasteiger partial charge in [-0.25, -0.2) is 4.99 Å². The predicted molar refractivity (Wildman–Crippen MR) is 102 cm³/mol. The van der Waals surface area contributed by atoms with Crippen LogP contribution in [0.5, 0.6) is 17.2 Å². The molecule has 1 aliphatic heterocycles. The van der Waals surface area contributed by atoms with Gasteiger partial charge < -0.3 is 24.8 Å². The zero-order chi connectivity index (χ0) is 15.9. The molecule has 0 atom stereocenters. The lowest BCUT2D eigenvalue weighted by Crippen LogP contribution is -2.40. The molecule has 0 amide bonds. The molecule has 23 heavy (non-hydrogen) atoms. The molecular weight excluding hydrogens is 409 g/mol. The van der Waals surface area contributed by atoms with E-state index in [0.29, 0.717) is 29.8 Å². The number of likely N-dealkylation sites (tertiary alicyclic amines) is 1. The average molecular weight is 435 g/mol. The zero-order valence-electron chi connectivity index (χ0n) is 14.0. The van der Waals surface area contributed by atoms with E-state index in [1.807, 2.05) is 12.1 Å². The highest BCUT2D eigenvalue weighted by Crippen LogP contribution is 2.39. The Kier molecular flexibility index (Phi) is 8.29. The molecule has 1 fully saturated rings. The fourth-order valence-electron chi connectivity index (χ4n) is 2.68. The maximum atomic E-state index is 6.09. The third-order valence-electron chi connectivity index (χ3n) is 3.88. The molecule has 0 bridgehead atoms. The summed E-state index contributed by atoms with van der Waals surface area (Å²) >= 11 is 0. The van der Waals surface area contributed by atoms with E-state index >= 15 is 0 Å². The van der Waals surface area contributed by atoms with Gasteiger partial charge in [-0.2, -0.15) is 0 Å². The van der Waals surface area contributed by atoms with Crippen LogP contribution in [-0.4, -0.2) is 45.3 Å². The van der Waals surface area contributed by atoms with Gasteiger partial charge in [-0.1, -0.05) is 0 Å². The van der Waals surface area contributed by atoms with Gasteiger partial charge in [0.15, 0.2) is 17.5 Å². The number of hydrogen-bond acceptors (Lipinski definition) is 4. The molecule has 2 rings (SSSR count). The molecule has 0 saturated carbocycles. The first-order chi connectivity index (χ1) is 10.7. The monoisotopic (exact) mass is 435 g/mol. The van der Waals surface area contributed by atoms with Crippen LogP contribution in [-0.2, 0) is 6.54 Å². The summed E-state index contributed by atoms with van der Waals surface area (Å²) in [6.45, 7) is 2.42. The number of nitrogens with zero attached hydrogens (tertiary/aromatic N) is 2. The van der Waals surface area contributed by atoms with Gasteiger partial charge >= 0.3 is 0 Å². The first-order valence-corrected chi connectivity index (χ1v) is 7.54. The van der Waals surface area contributed by atoms with E-state index in [1.54, 1.807) is 21.3 Å². The van der Waals surface area contributed by atoms with Crippen LogP contribution >= 0.6 is 24.0 Å². The van der Waals surface area contributed by atoms with Crippen molar-refractivity contribution in [2.45, 2.75) is 25.8 Å². The largest absolute Gasteiger partial charge is 0.493 e. The predicted octanol–water partition coefficient (Wildman–Crippen LogP) is 2.63. The minimum absolute atomic E-state index is 0. The average Bonchev–Trinajstić information content (AvgIpc) is 2.59. The molecule has 0 aliphatic carbocycles. The second kappa shape index (κ2) is 9.69. The normalized spacial score (nSPS) is 14.9. The Hall–Kier alpha value is -1.38. The number of piperidine rings is 1. The summed E-state index contributed by atoms with van der Waals surface area (Å²) in [5.74, 6) is 2.44. The van der Waals surface area contributed by atoms with E-state index in [-0.39, 0.29) is 24.0 Å². The summed E-state index contributed by atoms with van der Waals surface area (Å²) in [5.41, 5.74) is 7.01. The lowest BCUT2D eigenvalue weighted by atomic mass is 10.1. The summed E-state index contributed by atoms with van der Waals surface area (Å²) in [4.78, 5) is 6.64. The summed E-state index contributed by atoms with van der Waals surface area (Å²) in [7, 11) is 4.80. The van der Waals surface area contributed by atoms with Crippen molar-refractivity contribution in [3.63, 3.8) is 0 Å². The molecule has 1 heterocycles. The number of nitrogens with two attached hydrogens (primary N) is 1. The number of rotatable bonds is 5. The molecule has 2 N–H and O–H groups in total. The maximum absolute atomic E-state index is 6.09. The third-order valence-corrected chi connectivity index (χ3v) is 3.88. The van der Waals surface area contributed by atoms with E-state index < -0.39 is 0 Å². The first-order valence-electron chi connectivity index (χ1n) is 7.54. The van der Waals surface area contributed by atoms with Crippen molar-refractivity contribution in [2.75, 3.05) is 34.4 Å². The van der Waals surface area contributed by atoms with Gasteiger partial charge in [0.2, 0.25) is 5.75 Å². The van der Waals surface area contributed by atoms with Crippen molar-refractivity contribution in [3.8, 4) is 17.2 Å². The van der Waals surface area contributed by atoms with Crippen molar-refractivity contribution in [2.24, 2.45) is 10.7 Å². The highest BCUT2D eigenvalue weighted by Gasteiger charge is 2.16. The van der Waals surface area contributed by atoms with E-state index in [2.05, 4.69) is 9.89 Å². The fourth-order valence-corrected chi connectivity index (χ4v) is 2.68. The Bertz CT molecular complexity index is 532. The first kappa shape index (κ1) is 19.7. The smallest absolute Gasteiger partial charge is 0.203 e. The molecule has 0 radical (unpaired) electrons. The van der Waals surface area contributed by atoms with Crippen LogP contribution in [0.3, 0.4) is 0 Å². The number of halogens is 1. The number of ether oxygens (including phenoxy) is 3. The molecule has 130 valence electrons. The third kappa shape index (κ3) is 4.79. The summed E-state index contributed by atoms with van der Waals surface area (Å²) in [6, 6.07) is 3.77. The molecule has 7 heteroatoms. The van der Waals surface area contributed by atoms with Crippen LogP contribution in [0.2, 0.25) is 0 Å². The highest BCUT2D eigenvalue weighted by atomic mass is 127. The molecule has 0 spiro atoms. The highest BCUT2D eigenvalue weighted by molar-refractivity contribution is 14.0. The Labute approximate surface area is 155 Å². The Morgan fingerprint density at radius 3 is 2.26 bits per heavy atom. The number of aliphatic imine (C=N–C) groups is 1. The van der Waals surface area contributed by atoms with Gasteiger partial charge in [0.1, 0.15) is 0 Å². The second-order valence-electron chi connectivity index (χ2n) is 5.22. The summed E-state index contributed by atoms with van der Waals surface area (Å²) in [6.07, 6.45) is 3.62. The Morgan fingerprint density at radius 2 is 1.70 bits per heavy atom. The molecule has 0 aromatic heterocycles. The molecule has 1 aliphatic rings. The molecule has 1 aromatic carbocycles. The van der Waals surface area contributed by atoms with Gasteiger partial charge in [0.25, 0.3) is 0 Å². The standard InChI is InChI=1S/C16H25N3O3.HI/c1-20-13-8-7-12(14(21-2)15(13)22-3)11-18-16(17)19-9-5-4-6-10-19;/h7-8H,4-6,9-11H2,1-3H3,(H2,17,18);1H. The molecule has 0 unspecified atom stereocenters. The zero-order valence-corrected chi connectivity index (χ0v) is 16.3. The number of guanidine groups is 1. The lowest BCUT2D eigenvalue weighted by Gasteiger charge is -2.27. The maximum Gasteiger partial charge on any atom is 0.203 e. The number of hydrogen-bond donors (Lipinski definition) is 1. The number of benzene rings is 1. The van der Waals surface area contributed by atoms with Gasteiger partial charge in [-0.05, 0) is 31.4 Å². The van der Waals surface area contributed by atoms with Crippen LogP contribution in [0.25, 0.3) is 0 Å². The van der Waals surface area contributed by atoms with Crippen LogP contribution in [0.4, 0.5) is 0 Å². The minimum Gasteiger partial charge on any atom is -0.493 e. The van der Waals surface area contributed by atoms with E-state index in [0.717, 1.165) is 18.7 Å². The Morgan fingerprint density at radius 1 is 1.04 bits per heavy atom. The van der Waals surface area contributed by atoms with Crippen molar-refractivity contribution >= 4 is 29.9 Å². The van der Waals surface area contributed by atoms with Gasteiger partial charge in [-0.15, -0.1) is 24.0 Å².